The first kappa shape index (κ1) is 15.9. The molecule has 0 radical (unpaired) electrons. The van der Waals surface area contributed by atoms with E-state index in [0.717, 1.165) is 0 Å². The highest BCUT2D eigenvalue weighted by Crippen LogP contribution is 2.39. The Hall–Kier alpha value is -3.60. The SMILES string of the molecule is Cc1c(OC(=O)c2ccccc2)ccc2c1O/C(=C\c1ccco1)C2=O. The second-order valence-corrected chi connectivity index (χ2v) is 5.78. The highest BCUT2D eigenvalue weighted by atomic mass is 16.5. The fourth-order valence-corrected chi connectivity index (χ4v) is 2.71. The van der Waals surface area contributed by atoms with Crippen LogP contribution in [0.1, 0.15) is 32.0 Å². The molecule has 0 atom stereocenters. The highest BCUT2D eigenvalue weighted by molar-refractivity contribution is 6.14. The van der Waals surface area contributed by atoms with Gasteiger partial charge < -0.3 is 13.9 Å². The average molecular weight is 346 g/mol. The van der Waals surface area contributed by atoms with Gasteiger partial charge in [0.05, 0.1) is 17.4 Å². The van der Waals surface area contributed by atoms with Crippen molar-refractivity contribution in [2.24, 2.45) is 0 Å². The smallest absolute Gasteiger partial charge is 0.343 e. The van der Waals surface area contributed by atoms with Crippen molar-refractivity contribution in [3.8, 4) is 11.5 Å². The Morgan fingerprint density at radius 3 is 2.58 bits per heavy atom. The fraction of sp³-hybridized carbons (Fsp3) is 0.0476. The molecule has 0 unspecified atom stereocenters. The maximum atomic E-state index is 12.5. The second kappa shape index (κ2) is 6.37. The van der Waals surface area contributed by atoms with Crippen molar-refractivity contribution >= 4 is 17.8 Å². The standard InChI is InChI=1S/C21H14O5/c1-13-17(26-21(23)14-6-3-2-4-7-14)10-9-16-19(22)18(25-20(13)16)12-15-8-5-11-24-15/h2-12H,1H3/b18-12-. The number of carbonyl (C=O) groups excluding carboxylic acids is 2. The lowest BCUT2D eigenvalue weighted by atomic mass is 10.1. The quantitative estimate of drug-likeness (QED) is 0.399. The topological polar surface area (TPSA) is 65.7 Å². The summed E-state index contributed by atoms with van der Waals surface area (Å²) in [5.74, 6) is 0.736. The molecule has 128 valence electrons. The molecule has 4 rings (SSSR count). The Morgan fingerprint density at radius 2 is 1.85 bits per heavy atom. The van der Waals surface area contributed by atoms with Gasteiger partial charge in [0, 0.05) is 11.6 Å². The molecule has 2 aromatic carbocycles. The van der Waals surface area contributed by atoms with E-state index in [1.54, 1.807) is 55.5 Å². The van der Waals surface area contributed by atoms with Gasteiger partial charge in [0.15, 0.2) is 5.76 Å². The van der Waals surface area contributed by atoms with Crippen molar-refractivity contribution in [3.05, 3.63) is 89.1 Å². The van der Waals surface area contributed by atoms with E-state index in [9.17, 15) is 9.59 Å². The zero-order valence-corrected chi connectivity index (χ0v) is 13.9. The molecule has 5 heteroatoms. The Kier molecular flexibility index (Phi) is 3.89. The Bertz CT molecular complexity index is 1010. The van der Waals surface area contributed by atoms with Gasteiger partial charge in [-0.15, -0.1) is 0 Å². The lowest BCUT2D eigenvalue weighted by Gasteiger charge is -2.10. The van der Waals surface area contributed by atoms with Crippen molar-refractivity contribution in [1.82, 2.24) is 0 Å². The first-order chi connectivity index (χ1) is 12.6. The number of hydrogen-bond donors (Lipinski definition) is 0. The number of carbonyl (C=O) groups is 2. The molecule has 1 aliphatic rings. The van der Waals surface area contributed by atoms with Crippen molar-refractivity contribution in [2.45, 2.75) is 6.92 Å². The molecule has 0 spiro atoms. The summed E-state index contributed by atoms with van der Waals surface area (Å²) in [6.45, 7) is 1.75. The van der Waals surface area contributed by atoms with E-state index in [4.69, 9.17) is 13.9 Å². The van der Waals surface area contributed by atoms with Gasteiger partial charge in [-0.25, -0.2) is 4.79 Å². The van der Waals surface area contributed by atoms with Crippen LogP contribution in [0.5, 0.6) is 11.5 Å². The van der Waals surface area contributed by atoms with E-state index in [2.05, 4.69) is 0 Å². The van der Waals surface area contributed by atoms with Crippen molar-refractivity contribution in [2.75, 3.05) is 0 Å². The highest BCUT2D eigenvalue weighted by Gasteiger charge is 2.30. The Balaban J connectivity index is 1.63. The summed E-state index contributed by atoms with van der Waals surface area (Å²) >= 11 is 0. The Morgan fingerprint density at radius 1 is 1.04 bits per heavy atom. The van der Waals surface area contributed by atoms with Crippen LogP contribution in [0.15, 0.2) is 71.0 Å². The van der Waals surface area contributed by atoms with Crippen molar-refractivity contribution in [1.29, 1.82) is 0 Å². The van der Waals surface area contributed by atoms with Crippen molar-refractivity contribution in [3.63, 3.8) is 0 Å². The number of ether oxygens (including phenoxy) is 2. The zero-order chi connectivity index (χ0) is 18.1. The zero-order valence-electron chi connectivity index (χ0n) is 13.9. The summed E-state index contributed by atoms with van der Waals surface area (Å²) in [7, 11) is 0. The number of allylic oxidation sites excluding steroid dienone is 1. The van der Waals surface area contributed by atoms with Crippen LogP contribution in [-0.4, -0.2) is 11.8 Å². The summed E-state index contributed by atoms with van der Waals surface area (Å²) in [6, 6.07) is 15.4. The number of Topliss-reactive ketones (excluding diaryl/α,β-unsaturated/α-hetero) is 1. The van der Waals surface area contributed by atoms with Gasteiger partial charge in [0.1, 0.15) is 17.3 Å². The fourth-order valence-electron chi connectivity index (χ4n) is 2.71. The molecule has 3 aromatic rings. The number of ketones is 1. The summed E-state index contributed by atoms with van der Waals surface area (Å²) in [5, 5.41) is 0. The number of rotatable bonds is 3. The first-order valence-electron chi connectivity index (χ1n) is 8.02. The van der Waals surface area contributed by atoms with E-state index in [0.29, 0.717) is 33.9 Å². The third kappa shape index (κ3) is 2.80. The van der Waals surface area contributed by atoms with Gasteiger partial charge in [-0.05, 0) is 43.3 Å². The number of fused-ring (bicyclic) bond motifs is 1. The van der Waals surface area contributed by atoms with Gasteiger partial charge >= 0.3 is 5.97 Å². The van der Waals surface area contributed by atoms with Crippen LogP contribution in [0.2, 0.25) is 0 Å². The predicted octanol–water partition coefficient (Wildman–Crippen LogP) is 4.42. The lowest BCUT2D eigenvalue weighted by molar-refractivity contribution is 0.0733. The van der Waals surface area contributed by atoms with E-state index in [1.165, 1.54) is 12.3 Å². The second-order valence-electron chi connectivity index (χ2n) is 5.78. The van der Waals surface area contributed by atoms with Gasteiger partial charge in [-0.3, -0.25) is 4.79 Å². The molecule has 0 saturated heterocycles. The monoisotopic (exact) mass is 346 g/mol. The normalized spacial score (nSPS) is 14.2. The third-order valence-electron chi connectivity index (χ3n) is 4.07. The van der Waals surface area contributed by atoms with E-state index >= 15 is 0 Å². The minimum absolute atomic E-state index is 0.171. The molecular weight excluding hydrogens is 332 g/mol. The molecule has 1 aliphatic heterocycles. The number of furan rings is 1. The van der Waals surface area contributed by atoms with Gasteiger partial charge in [0.2, 0.25) is 5.78 Å². The van der Waals surface area contributed by atoms with Crippen LogP contribution in [0.4, 0.5) is 0 Å². The molecule has 0 amide bonds. The summed E-state index contributed by atoms with van der Waals surface area (Å²) in [6.07, 6.45) is 3.06. The van der Waals surface area contributed by atoms with E-state index < -0.39 is 5.97 Å². The molecule has 0 fully saturated rings. The molecule has 26 heavy (non-hydrogen) atoms. The first-order valence-corrected chi connectivity index (χ1v) is 8.02. The number of esters is 1. The predicted molar refractivity (Wildman–Crippen MR) is 94.2 cm³/mol. The number of hydrogen-bond acceptors (Lipinski definition) is 5. The summed E-state index contributed by atoms with van der Waals surface area (Å²) in [5.41, 5.74) is 1.46. The molecule has 0 bridgehead atoms. The molecule has 0 N–H and O–H groups in total. The largest absolute Gasteiger partial charge is 0.465 e. The van der Waals surface area contributed by atoms with Gasteiger partial charge in [0.25, 0.3) is 0 Å². The molecule has 0 saturated carbocycles. The minimum atomic E-state index is -0.468. The van der Waals surface area contributed by atoms with Crippen LogP contribution in [-0.2, 0) is 0 Å². The summed E-state index contributed by atoms with van der Waals surface area (Å²) < 4.78 is 16.4. The Labute approximate surface area is 149 Å². The maximum Gasteiger partial charge on any atom is 0.343 e. The van der Waals surface area contributed by atoms with Gasteiger partial charge in [-0.2, -0.15) is 0 Å². The molecule has 1 aromatic heterocycles. The van der Waals surface area contributed by atoms with Crippen LogP contribution in [0, 0.1) is 6.92 Å². The van der Waals surface area contributed by atoms with Crippen LogP contribution in [0.25, 0.3) is 6.08 Å². The molecular formula is C21H14O5. The molecule has 0 aliphatic carbocycles. The van der Waals surface area contributed by atoms with E-state index in [-0.39, 0.29) is 11.5 Å². The molecule has 5 nitrogen and oxygen atoms in total. The third-order valence-corrected chi connectivity index (χ3v) is 4.07. The van der Waals surface area contributed by atoms with Crippen molar-refractivity contribution < 1.29 is 23.5 Å². The number of benzene rings is 2. The molecule has 2 heterocycles. The maximum absolute atomic E-state index is 12.5. The minimum Gasteiger partial charge on any atom is -0.465 e. The van der Waals surface area contributed by atoms with Crippen LogP contribution in [0.3, 0.4) is 0 Å². The average Bonchev–Trinajstić information content (AvgIpc) is 3.28. The van der Waals surface area contributed by atoms with Gasteiger partial charge in [-0.1, -0.05) is 18.2 Å². The lowest BCUT2D eigenvalue weighted by Crippen LogP contribution is -2.09. The summed E-state index contributed by atoms with van der Waals surface area (Å²) in [4.78, 5) is 24.7. The van der Waals surface area contributed by atoms with E-state index in [1.807, 2.05) is 6.07 Å². The van der Waals surface area contributed by atoms with Crippen LogP contribution >= 0.6 is 0 Å². The van der Waals surface area contributed by atoms with Crippen LogP contribution < -0.4 is 9.47 Å².